The van der Waals surface area contributed by atoms with Crippen LogP contribution in [0.1, 0.15) is 26.7 Å². The van der Waals surface area contributed by atoms with E-state index in [4.69, 9.17) is 9.15 Å². The molecule has 5 nitrogen and oxygen atoms in total. The molecule has 0 fully saturated rings. The van der Waals surface area contributed by atoms with Crippen LogP contribution >= 0.6 is 0 Å². The number of nitrogens with zero attached hydrogens (tertiary/aromatic N) is 2. The molecule has 5 heteroatoms. The molecule has 0 spiro atoms. The van der Waals surface area contributed by atoms with Gasteiger partial charge in [0.25, 0.3) is 0 Å². The van der Waals surface area contributed by atoms with Crippen molar-refractivity contribution in [2.24, 2.45) is 5.41 Å². The smallest absolute Gasteiger partial charge is 0.176 e. The molecule has 3 rings (SSSR count). The first-order valence-corrected chi connectivity index (χ1v) is 8.22. The summed E-state index contributed by atoms with van der Waals surface area (Å²) < 4.78 is 13.5. The van der Waals surface area contributed by atoms with Gasteiger partial charge in [0.1, 0.15) is 5.69 Å². The molecule has 0 unspecified atom stereocenters. The first-order valence-electron chi connectivity index (χ1n) is 8.22. The van der Waals surface area contributed by atoms with E-state index in [1.165, 1.54) is 0 Å². The van der Waals surface area contributed by atoms with Crippen LogP contribution in [0.2, 0.25) is 0 Å². The van der Waals surface area contributed by atoms with Crippen LogP contribution in [-0.2, 0) is 6.54 Å². The fourth-order valence-electron chi connectivity index (χ4n) is 2.83. The van der Waals surface area contributed by atoms with E-state index in [9.17, 15) is 5.11 Å². The van der Waals surface area contributed by atoms with Crippen molar-refractivity contribution in [1.29, 1.82) is 0 Å². The van der Waals surface area contributed by atoms with Crippen LogP contribution in [0.5, 0.6) is 5.75 Å². The third-order valence-electron chi connectivity index (χ3n) is 4.37. The number of rotatable bonds is 7. The molecular weight excluding hydrogens is 304 g/mol. The zero-order chi connectivity index (χ0) is 17.2. The minimum Gasteiger partial charge on any atom is -0.493 e. The van der Waals surface area contributed by atoms with Crippen LogP contribution in [0.4, 0.5) is 0 Å². The van der Waals surface area contributed by atoms with Crippen molar-refractivity contribution >= 4 is 11.0 Å². The van der Waals surface area contributed by atoms with E-state index in [0.717, 1.165) is 47.6 Å². The summed E-state index contributed by atoms with van der Waals surface area (Å²) in [7, 11) is 1.64. The molecule has 0 saturated heterocycles. The molecule has 0 aliphatic heterocycles. The number of hydrogen-bond acceptors (Lipinski definition) is 4. The second-order valence-electron chi connectivity index (χ2n) is 6.89. The van der Waals surface area contributed by atoms with Crippen LogP contribution in [0.15, 0.2) is 41.2 Å². The van der Waals surface area contributed by atoms with Crippen molar-refractivity contribution in [2.75, 3.05) is 13.7 Å². The Morgan fingerprint density at radius 2 is 2.17 bits per heavy atom. The van der Waals surface area contributed by atoms with Crippen molar-refractivity contribution < 1.29 is 14.3 Å². The summed E-state index contributed by atoms with van der Waals surface area (Å²) in [5.41, 5.74) is 1.66. The summed E-state index contributed by atoms with van der Waals surface area (Å²) in [5, 5.41) is 10.4. The molecule has 0 radical (unpaired) electrons. The Labute approximate surface area is 141 Å². The van der Waals surface area contributed by atoms with Crippen LogP contribution in [-0.4, -0.2) is 28.4 Å². The largest absolute Gasteiger partial charge is 0.493 e. The van der Waals surface area contributed by atoms with E-state index in [1.807, 2.05) is 36.8 Å². The number of aryl methyl sites for hydroxylation is 1. The van der Waals surface area contributed by atoms with E-state index in [2.05, 4.69) is 23.4 Å². The van der Waals surface area contributed by atoms with Gasteiger partial charge in [-0.3, -0.25) is 0 Å². The van der Waals surface area contributed by atoms with Crippen molar-refractivity contribution in [2.45, 2.75) is 33.2 Å². The van der Waals surface area contributed by atoms with Crippen molar-refractivity contribution in [3.63, 3.8) is 0 Å². The Morgan fingerprint density at radius 1 is 1.33 bits per heavy atom. The predicted octanol–water partition coefficient (Wildman–Crippen LogP) is 4.10. The molecule has 0 bridgehead atoms. The van der Waals surface area contributed by atoms with Crippen LogP contribution in [0.25, 0.3) is 22.4 Å². The molecule has 2 heterocycles. The molecule has 2 aromatic heterocycles. The van der Waals surface area contributed by atoms with Gasteiger partial charge in [0.05, 0.1) is 19.6 Å². The van der Waals surface area contributed by atoms with Gasteiger partial charge in [0.2, 0.25) is 0 Å². The number of furan rings is 1. The number of hydrogen-bond donors (Lipinski definition) is 1. The topological polar surface area (TPSA) is 60.4 Å². The van der Waals surface area contributed by atoms with Gasteiger partial charge < -0.3 is 18.8 Å². The van der Waals surface area contributed by atoms with Crippen molar-refractivity contribution in [1.82, 2.24) is 9.55 Å². The second-order valence-corrected chi connectivity index (χ2v) is 6.89. The Balaban J connectivity index is 1.82. The number of para-hydroxylation sites is 1. The minimum absolute atomic E-state index is 0.0481. The van der Waals surface area contributed by atoms with Gasteiger partial charge in [-0.1, -0.05) is 26.0 Å². The highest BCUT2D eigenvalue weighted by Crippen LogP contribution is 2.33. The quantitative estimate of drug-likeness (QED) is 0.709. The van der Waals surface area contributed by atoms with Gasteiger partial charge in [-0.05, 0) is 30.4 Å². The summed E-state index contributed by atoms with van der Waals surface area (Å²) in [4.78, 5) is 4.27. The second kappa shape index (κ2) is 6.69. The summed E-state index contributed by atoms with van der Waals surface area (Å²) in [6.07, 6.45) is 5.57. The zero-order valence-corrected chi connectivity index (χ0v) is 14.5. The molecule has 128 valence electrons. The Morgan fingerprint density at radius 3 is 2.92 bits per heavy atom. The SMILES string of the molecule is COc1cccc2cc(-c3cncn3CCCC(C)(C)CO)oc12. The summed E-state index contributed by atoms with van der Waals surface area (Å²) >= 11 is 0. The van der Waals surface area contributed by atoms with Crippen LogP contribution < -0.4 is 4.74 Å². The maximum atomic E-state index is 9.37. The number of fused-ring (bicyclic) bond motifs is 1. The fraction of sp³-hybridized carbons (Fsp3) is 0.421. The number of aliphatic hydroxyl groups is 1. The molecule has 0 amide bonds. The molecular formula is C19H24N2O3. The third-order valence-corrected chi connectivity index (χ3v) is 4.37. The van der Waals surface area contributed by atoms with E-state index < -0.39 is 0 Å². The number of imidazole rings is 1. The Kier molecular flexibility index (Phi) is 4.62. The number of ether oxygens (including phenoxy) is 1. The normalized spacial score (nSPS) is 12.0. The summed E-state index contributed by atoms with van der Waals surface area (Å²) in [5.74, 6) is 1.52. The number of benzene rings is 1. The van der Waals surface area contributed by atoms with E-state index in [0.29, 0.717) is 0 Å². The third kappa shape index (κ3) is 3.31. The van der Waals surface area contributed by atoms with E-state index >= 15 is 0 Å². The lowest BCUT2D eigenvalue weighted by atomic mass is 9.89. The van der Waals surface area contributed by atoms with Gasteiger partial charge in [-0.25, -0.2) is 4.98 Å². The highest BCUT2D eigenvalue weighted by atomic mass is 16.5. The van der Waals surface area contributed by atoms with Gasteiger partial charge in [0.15, 0.2) is 17.1 Å². The van der Waals surface area contributed by atoms with E-state index in [1.54, 1.807) is 7.11 Å². The summed E-state index contributed by atoms with van der Waals surface area (Å²) in [6, 6.07) is 7.87. The number of aliphatic hydroxyl groups excluding tert-OH is 1. The Bertz CT molecular complexity index is 817. The molecule has 1 aromatic carbocycles. The lowest BCUT2D eigenvalue weighted by molar-refractivity contribution is 0.146. The molecule has 0 aliphatic rings. The van der Waals surface area contributed by atoms with Gasteiger partial charge in [-0.2, -0.15) is 0 Å². The molecule has 24 heavy (non-hydrogen) atoms. The molecule has 0 aliphatic carbocycles. The Hall–Kier alpha value is -2.27. The van der Waals surface area contributed by atoms with Crippen molar-refractivity contribution in [3.05, 3.63) is 36.8 Å². The van der Waals surface area contributed by atoms with Crippen molar-refractivity contribution in [3.8, 4) is 17.2 Å². The molecule has 3 aromatic rings. The zero-order valence-electron chi connectivity index (χ0n) is 14.5. The van der Waals surface area contributed by atoms with Crippen LogP contribution in [0, 0.1) is 5.41 Å². The first-order chi connectivity index (χ1) is 11.5. The van der Waals surface area contributed by atoms with Gasteiger partial charge in [-0.15, -0.1) is 0 Å². The lowest BCUT2D eigenvalue weighted by Gasteiger charge is -2.21. The lowest BCUT2D eigenvalue weighted by Crippen LogP contribution is -2.17. The average Bonchev–Trinajstić information content (AvgIpc) is 3.20. The standard InChI is InChI=1S/C19H24N2O3/c1-19(2,12-22)8-5-9-21-13-20-11-15(21)17-10-14-6-4-7-16(23-3)18(14)24-17/h4,6-7,10-11,13,22H,5,8-9,12H2,1-3H3. The molecule has 1 N–H and O–H groups in total. The summed E-state index contributed by atoms with van der Waals surface area (Å²) in [6.45, 7) is 5.20. The van der Waals surface area contributed by atoms with Gasteiger partial charge in [0, 0.05) is 18.5 Å². The minimum atomic E-state index is -0.0481. The fourth-order valence-corrected chi connectivity index (χ4v) is 2.83. The number of methoxy groups -OCH3 is 1. The maximum absolute atomic E-state index is 9.37. The average molecular weight is 328 g/mol. The predicted molar refractivity (Wildman–Crippen MR) is 94.1 cm³/mol. The molecule has 0 saturated carbocycles. The van der Waals surface area contributed by atoms with Crippen LogP contribution in [0.3, 0.4) is 0 Å². The molecule has 0 atom stereocenters. The van der Waals surface area contributed by atoms with Gasteiger partial charge >= 0.3 is 0 Å². The monoisotopic (exact) mass is 328 g/mol. The number of aromatic nitrogens is 2. The highest BCUT2D eigenvalue weighted by molar-refractivity contribution is 5.86. The first kappa shape index (κ1) is 16.6. The van der Waals surface area contributed by atoms with E-state index in [-0.39, 0.29) is 12.0 Å². The highest BCUT2D eigenvalue weighted by Gasteiger charge is 2.17. The maximum Gasteiger partial charge on any atom is 0.176 e.